The molecule has 0 radical (unpaired) electrons. The second-order valence-electron chi connectivity index (χ2n) is 9.87. The normalized spacial score (nSPS) is 14.0. The van der Waals surface area contributed by atoms with Gasteiger partial charge in [0.25, 0.3) is 10.0 Å². The van der Waals surface area contributed by atoms with E-state index in [9.17, 15) is 16.8 Å². The van der Waals surface area contributed by atoms with Crippen LogP contribution in [0.25, 0.3) is 11.0 Å². The molecule has 10 heteroatoms. The first-order valence-corrected chi connectivity index (χ1v) is 16.2. The fourth-order valence-electron chi connectivity index (χ4n) is 4.97. The van der Waals surface area contributed by atoms with Gasteiger partial charge in [-0.1, -0.05) is 78.9 Å². The number of fused-ring (bicyclic) bond motifs is 3. The van der Waals surface area contributed by atoms with Crippen LogP contribution in [-0.2, 0) is 45.4 Å². The fraction of sp³-hybridized carbons (Fsp3) is 0.161. The van der Waals surface area contributed by atoms with Crippen LogP contribution < -0.4 is 9.46 Å². The first-order valence-electron chi connectivity index (χ1n) is 13.1. The Morgan fingerprint density at radius 1 is 0.805 bits per heavy atom. The third-order valence-electron chi connectivity index (χ3n) is 7.00. The fourth-order valence-corrected chi connectivity index (χ4v) is 7.51. The Kier molecular flexibility index (Phi) is 7.29. The van der Waals surface area contributed by atoms with E-state index >= 15 is 0 Å². The highest BCUT2D eigenvalue weighted by Crippen LogP contribution is 2.39. The number of nitrogens with zero attached hydrogens (tertiary/aromatic N) is 1. The second-order valence-corrected chi connectivity index (χ2v) is 13.5. The zero-order valence-electron chi connectivity index (χ0n) is 22.1. The molecule has 2 heterocycles. The Morgan fingerprint density at radius 2 is 1.44 bits per heavy atom. The van der Waals surface area contributed by atoms with E-state index in [4.69, 9.17) is 9.15 Å². The van der Waals surface area contributed by atoms with Crippen molar-refractivity contribution < 1.29 is 26.0 Å². The smallest absolute Gasteiger partial charge is 0.261 e. The third kappa shape index (κ3) is 5.85. The van der Waals surface area contributed by atoms with Gasteiger partial charge in [0.1, 0.15) is 12.4 Å². The minimum Gasteiger partial charge on any atom is -0.485 e. The Morgan fingerprint density at radius 3 is 2.12 bits per heavy atom. The molecule has 6 rings (SSSR count). The standard InChI is InChI=1S/C31H28N2O6S2/c34-40(35,22-24-12-6-2-7-13-24)33-17-16-27-28-18-25(32-41(36,37)26-14-8-3-9-15-26)19-29(31(28)39-30(27)20-33)38-21-23-10-4-1-5-11-23/h1-15,18-19,32H,16-17,20-22H2. The van der Waals surface area contributed by atoms with Crippen LogP contribution in [0.3, 0.4) is 0 Å². The highest BCUT2D eigenvalue weighted by Gasteiger charge is 2.31. The first-order chi connectivity index (χ1) is 19.8. The molecule has 4 aromatic carbocycles. The van der Waals surface area contributed by atoms with Gasteiger partial charge in [0.15, 0.2) is 11.3 Å². The van der Waals surface area contributed by atoms with E-state index in [1.165, 1.54) is 16.4 Å². The number of rotatable bonds is 9. The Bertz CT molecular complexity index is 1890. The molecule has 0 saturated carbocycles. The van der Waals surface area contributed by atoms with Crippen LogP contribution in [0, 0.1) is 0 Å². The molecule has 0 saturated heterocycles. The van der Waals surface area contributed by atoms with Crippen LogP contribution >= 0.6 is 0 Å². The predicted octanol–water partition coefficient (Wildman–Crippen LogP) is 5.70. The maximum atomic E-state index is 13.2. The Balaban J connectivity index is 1.35. The van der Waals surface area contributed by atoms with Gasteiger partial charge in [-0.3, -0.25) is 4.72 Å². The quantitative estimate of drug-likeness (QED) is 0.237. The molecule has 210 valence electrons. The first kappa shape index (κ1) is 27.1. The van der Waals surface area contributed by atoms with Gasteiger partial charge in [0.2, 0.25) is 10.0 Å². The molecule has 1 aliphatic rings. The summed E-state index contributed by atoms with van der Waals surface area (Å²) in [5, 5.41) is 0.691. The zero-order chi connectivity index (χ0) is 28.5. The van der Waals surface area contributed by atoms with Gasteiger partial charge in [0, 0.05) is 23.6 Å². The van der Waals surface area contributed by atoms with Gasteiger partial charge in [-0.05, 0) is 35.7 Å². The summed E-state index contributed by atoms with van der Waals surface area (Å²) in [6.45, 7) is 0.618. The van der Waals surface area contributed by atoms with Crippen molar-refractivity contribution in [1.82, 2.24) is 4.31 Å². The molecular formula is C31H28N2O6S2. The molecule has 1 N–H and O–H groups in total. The summed E-state index contributed by atoms with van der Waals surface area (Å²) >= 11 is 0. The number of nitrogens with one attached hydrogen (secondary N) is 1. The number of benzene rings is 4. The van der Waals surface area contributed by atoms with Crippen molar-refractivity contribution in [2.45, 2.75) is 30.2 Å². The maximum absolute atomic E-state index is 13.2. The Labute approximate surface area is 239 Å². The van der Waals surface area contributed by atoms with Crippen LogP contribution in [-0.4, -0.2) is 27.7 Å². The van der Waals surface area contributed by atoms with E-state index in [2.05, 4.69) is 4.72 Å². The molecule has 0 unspecified atom stereocenters. The number of sulfonamides is 2. The molecule has 0 fully saturated rings. The van der Waals surface area contributed by atoms with Crippen LogP contribution in [0.2, 0.25) is 0 Å². The van der Waals surface area contributed by atoms with Gasteiger partial charge in [-0.15, -0.1) is 0 Å². The van der Waals surface area contributed by atoms with Crippen LogP contribution in [0.15, 0.2) is 112 Å². The van der Waals surface area contributed by atoms with E-state index < -0.39 is 20.0 Å². The average Bonchev–Trinajstić information content (AvgIpc) is 3.35. The maximum Gasteiger partial charge on any atom is 0.261 e. The molecule has 1 aromatic heterocycles. The lowest BCUT2D eigenvalue weighted by atomic mass is 10.0. The molecule has 1 aliphatic heterocycles. The number of anilines is 1. The van der Waals surface area contributed by atoms with Gasteiger partial charge < -0.3 is 9.15 Å². The van der Waals surface area contributed by atoms with Crippen molar-refractivity contribution >= 4 is 36.7 Å². The molecule has 0 bridgehead atoms. The summed E-state index contributed by atoms with van der Waals surface area (Å²) in [7, 11) is -7.44. The van der Waals surface area contributed by atoms with E-state index in [0.29, 0.717) is 34.6 Å². The predicted molar refractivity (Wildman–Crippen MR) is 157 cm³/mol. The van der Waals surface area contributed by atoms with Crippen molar-refractivity contribution in [1.29, 1.82) is 0 Å². The number of ether oxygens (including phenoxy) is 1. The number of hydrogen-bond donors (Lipinski definition) is 1. The molecule has 8 nitrogen and oxygen atoms in total. The van der Waals surface area contributed by atoms with E-state index in [-0.39, 0.29) is 30.3 Å². The highest BCUT2D eigenvalue weighted by atomic mass is 32.2. The van der Waals surface area contributed by atoms with Crippen LogP contribution in [0.4, 0.5) is 5.69 Å². The summed E-state index contributed by atoms with van der Waals surface area (Å²) < 4.78 is 69.2. The monoisotopic (exact) mass is 588 g/mol. The number of furan rings is 1. The Hall–Kier alpha value is -4.12. The lowest BCUT2D eigenvalue weighted by Gasteiger charge is -2.25. The minimum atomic E-state index is -3.85. The van der Waals surface area contributed by atoms with Gasteiger partial charge in [-0.25, -0.2) is 16.8 Å². The molecule has 0 amide bonds. The molecule has 0 aliphatic carbocycles. The molecular weight excluding hydrogens is 560 g/mol. The summed E-state index contributed by atoms with van der Waals surface area (Å²) in [4.78, 5) is 0.139. The number of hydrogen-bond acceptors (Lipinski definition) is 6. The van der Waals surface area contributed by atoms with Crippen LogP contribution in [0.5, 0.6) is 5.75 Å². The van der Waals surface area contributed by atoms with Gasteiger partial charge in [0.05, 0.1) is 22.9 Å². The lowest BCUT2D eigenvalue weighted by molar-refractivity contribution is 0.302. The largest absolute Gasteiger partial charge is 0.485 e. The van der Waals surface area contributed by atoms with Crippen molar-refractivity contribution in [2.75, 3.05) is 11.3 Å². The minimum absolute atomic E-state index is 0.0857. The molecule has 0 atom stereocenters. The highest BCUT2D eigenvalue weighted by molar-refractivity contribution is 7.92. The average molecular weight is 589 g/mol. The SMILES string of the molecule is O=S(=O)(Nc1cc(OCc2ccccc2)c2oc3c(c2c1)CCN(S(=O)(=O)Cc1ccccc1)C3)c1ccccc1. The molecule has 5 aromatic rings. The van der Waals surface area contributed by atoms with E-state index in [0.717, 1.165) is 16.7 Å². The zero-order valence-corrected chi connectivity index (χ0v) is 23.7. The summed E-state index contributed by atoms with van der Waals surface area (Å²) in [5.41, 5.74) is 3.28. The summed E-state index contributed by atoms with van der Waals surface area (Å²) in [5.74, 6) is 0.793. The van der Waals surface area contributed by atoms with Crippen molar-refractivity contribution in [3.63, 3.8) is 0 Å². The lowest BCUT2D eigenvalue weighted by Crippen LogP contribution is -2.36. The van der Waals surface area contributed by atoms with Crippen molar-refractivity contribution in [3.05, 3.63) is 126 Å². The molecule has 0 spiro atoms. The van der Waals surface area contributed by atoms with Crippen molar-refractivity contribution in [3.8, 4) is 5.75 Å². The topological polar surface area (TPSA) is 106 Å². The van der Waals surface area contributed by atoms with Crippen LogP contribution in [0.1, 0.15) is 22.5 Å². The van der Waals surface area contributed by atoms with Gasteiger partial charge >= 0.3 is 0 Å². The van der Waals surface area contributed by atoms with Gasteiger partial charge in [-0.2, -0.15) is 4.31 Å². The van der Waals surface area contributed by atoms with Crippen molar-refractivity contribution in [2.24, 2.45) is 0 Å². The molecule has 41 heavy (non-hydrogen) atoms. The second kappa shape index (κ2) is 11.0. The van der Waals surface area contributed by atoms with E-state index in [1.807, 2.05) is 48.5 Å². The summed E-state index contributed by atoms with van der Waals surface area (Å²) in [6.07, 6.45) is 0.420. The van der Waals surface area contributed by atoms with E-state index in [1.54, 1.807) is 42.5 Å². The third-order valence-corrected chi connectivity index (χ3v) is 10.2. The summed E-state index contributed by atoms with van der Waals surface area (Å²) in [6, 6.07) is 30.1.